The lowest BCUT2D eigenvalue weighted by molar-refractivity contribution is -0.256. The minimum atomic E-state index is -0.982. The van der Waals surface area contributed by atoms with Crippen molar-refractivity contribution in [2.75, 3.05) is 27.7 Å². The van der Waals surface area contributed by atoms with Crippen LogP contribution in [0.1, 0.15) is 66.7 Å². The van der Waals surface area contributed by atoms with Crippen molar-refractivity contribution < 1.29 is 34.3 Å². The van der Waals surface area contributed by atoms with Gasteiger partial charge in [0.05, 0.1) is 29.8 Å². The number of carbonyl (C=O) groups is 1. The Hall–Kier alpha value is -0.810. The normalized spacial score (nSPS) is 44.1. The molecule has 0 aromatic heterocycles. The minimum Gasteiger partial charge on any atom is -0.462 e. The van der Waals surface area contributed by atoms with Crippen molar-refractivity contribution >= 4 is 5.97 Å². The molecule has 0 aromatic rings. The van der Waals surface area contributed by atoms with Crippen molar-refractivity contribution in [3.8, 4) is 0 Å². The van der Waals surface area contributed by atoms with Gasteiger partial charge in [0.2, 0.25) is 0 Å². The highest BCUT2D eigenvalue weighted by Crippen LogP contribution is 2.31. The average Bonchev–Trinajstić information content (AvgIpc) is 2.78. The summed E-state index contributed by atoms with van der Waals surface area (Å²) in [6.45, 7) is 9.71. The van der Waals surface area contributed by atoms with Gasteiger partial charge in [0, 0.05) is 24.9 Å². The molecular formula is C25H48N2O7. The number of hydrogen-bond acceptors (Lipinski definition) is 9. The smallest absolute Gasteiger partial charge is 0.311 e. The van der Waals surface area contributed by atoms with E-state index < -0.39 is 48.5 Å². The molecule has 5 unspecified atom stereocenters. The van der Waals surface area contributed by atoms with Gasteiger partial charge in [-0.1, -0.05) is 13.8 Å². The van der Waals surface area contributed by atoms with Gasteiger partial charge < -0.3 is 34.4 Å². The van der Waals surface area contributed by atoms with Crippen LogP contribution in [0.3, 0.4) is 0 Å². The van der Waals surface area contributed by atoms with Crippen LogP contribution in [0, 0.1) is 11.8 Å². The van der Waals surface area contributed by atoms with Crippen molar-refractivity contribution in [2.24, 2.45) is 11.8 Å². The highest BCUT2D eigenvalue weighted by Gasteiger charge is 2.41. The second-order valence-corrected chi connectivity index (χ2v) is 10.9. The first-order chi connectivity index (χ1) is 15.8. The standard InChI is InChI=1S/C25H48N2O7/c1-9-19-15(2)23(29)27(8)13-12-25(5,31)11-10-20(16(3)24(30)34-19)33-21-14-18(26(6)7)22(28)17(4)32-21/h15-23,28-29,31H,9-14H2,1-8H3/t15-,16?,17+,18?,19+,20-,21?,22?,23?,25-/m0/s1. The number of rotatable bonds is 4. The number of esters is 1. The van der Waals surface area contributed by atoms with Crippen molar-refractivity contribution in [1.29, 1.82) is 0 Å². The summed E-state index contributed by atoms with van der Waals surface area (Å²) in [4.78, 5) is 16.9. The molecule has 0 saturated carbocycles. The van der Waals surface area contributed by atoms with Crippen LogP contribution < -0.4 is 0 Å². The lowest BCUT2D eigenvalue weighted by Gasteiger charge is -2.42. The van der Waals surface area contributed by atoms with E-state index in [1.165, 1.54) is 0 Å². The summed E-state index contributed by atoms with van der Waals surface area (Å²) in [6, 6.07) is -0.129. The zero-order chi connectivity index (χ0) is 25.8. The molecule has 0 spiro atoms. The zero-order valence-electron chi connectivity index (χ0n) is 22.3. The molecule has 0 radical (unpaired) electrons. The molecule has 2 aliphatic rings. The largest absolute Gasteiger partial charge is 0.462 e. The van der Waals surface area contributed by atoms with E-state index in [0.29, 0.717) is 38.6 Å². The maximum atomic E-state index is 13.2. The Bertz CT molecular complexity index is 647. The minimum absolute atomic E-state index is 0.129. The molecule has 2 heterocycles. The second-order valence-electron chi connectivity index (χ2n) is 10.9. The van der Waals surface area contributed by atoms with Gasteiger partial charge in [0.15, 0.2) is 6.29 Å². The molecule has 0 aliphatic carbocycles. The molecule has 0 amide bonds. The Balaban J connectivity index is 2.26. The van der Waals surface area contributed by atoms with E-state index in [4.69, 9.17) is 14.2 Å². The number of aliphatic hydroxyl groups is 3. The Morgan fingerprint density at radius 2 is 1.85 bits per heavy atom. The van der Waals surface area contributed by atoms with E-state index in [2.05, 4.69) is 0 Å². The summed E-state index contributed by atoms with van der Waals surface area (Å²) >= 11 is 0. The molecular weight excluding hydrogens is 440 g/mol. The Morgan fingerprint density at radius 3 is 2.44 bits per heavy atom. The lowest BCUT2D eigenvalue weighted by atomic mass is 9.90. The fourth-order valence-electron chi connectivity index (χ4n) is 4.95. The first-order valence-corrected chi connectivity index (χ1v) is 12.7. The summed E-state index contributed by atoms with van der Waals surface area (Å²) in [6.07, 6.45) is -0.965. The molecule has 2 rings (SSSR count). The molecule has 2 saturated heterocycles. The first kappa shape index (κ1) is 29.4. The van der Waals surface area contributed by atoms with Crippen molar-refractivity contribution in [1.82, 2.24) is 9.80 Å². The van der Waals surface area contributed by atoms with E-state index in [-0.39, 0.29) is 17.9 Å². The molecule has 10 atom stereocenters. The summed E-state index contributed by atoms with van der Waals surface area (Å²) in [5.74, 6) is -1.26. The number of likely N-dealkylation sites (N-methyl/N-ethyl adjacent to an activating group) is 1. The van der Waals surface area contributed by atoms with Crippen molar-refractivity contribution in [2.45, 2.75) is 115 Å². The lowest BCUT2D eigenvalue weighted by Crippen LogP contribution is -2.54. The maximum absolute atomic E-state index is 13.2. The summed E-state index contributed by atoms with van der Waals surface area (Å²) in [7, 11) is 5.64. The van der Waals surface area contributed by atoms with Crippen LogP contribution in [0.2, 0.25) is 0 Å². The van der Waals surface area contributed by atoms with Crippen LogP contribution in [0.4, 0.5) is 0 Å². The van der Waals surface area contributed by atoms with Crippen LogP contribution in [0.25, 0.3) is 0 Å². The molecule has 3 N–H and O–H groups in total. The van der Waals surface area contributed by atoms with Gasteiger partial charge in [-0.2, -0.15) is 0 Å². The molecule has 9 heteroatoms. The molecule has 2 fully saturated rings. The third-order valence-electron chi connectivity index (χ3n) is 7.74. The van der Waals surface area contributed by atoms with E-state index in [1.807, 2.05) is 46.8 Å². The SMILES string of the molecule is CC[C@H]1OC(=O)C(C)[C@@H](OC2CC(N(C)C)C(O)[C@@H](C)O2)CC[C@](C)(O)CCN(C)C(O)[C@H]1C. The Morgan fingerprint density at radius 1 is 1.21 bits per heavy atom. The highest BCUT2D eigenvalue weighted by atomic mass is 16.7. The van der Waals surface area contributed by atoms with E-state index in [1.54, 1.807) is 18.7 Å². The van der Waals surface area contributed by atoms with Gasteiger partial charge in [-0.15, -0.1) is 0 Å². The highest BCUT2D eigenvalue weighted by molar-refractivity contribution is 5.73. The summed E-state index contributed by atoms with van der Waals surface area (Å²) in [5, 5.41) is 32.3. The summed E-state index contributed by atoms with van der Waals surface area (Å²) < 4.78 is 18.2. The number of carbonyl (C=O) groups excluding carboxylic acids is 1. The Kier molecular flexibility index (Phi) is 10.8. The monoisotopic (exact) mass is 488 g/mol. The quantitative estimate of drug-likeness (QED) is 0.508. The van der Waals surface area contributed by atoms with E-state index in [0.717, 1.165) is 0 Å². The van der Waals surface area contributed by atoms with E-state index in [9.17, 15) is 20.1 Å². The topological polar surface area (TPSA) is 112 Å². The fraction of sp³-hybridized carbons (Fsp3) is 0.960. The average molecular weight is 489 g/mol. The number of cyclic esters (lactones) is 1. The van der Waals surface area contributed by atoms with Crippen LogP contribution in [0.5, 0.6) is 0 Å². The molecule has 34 heavy (non-hydrogen) atoms. The van der Waals surface area contributed by atoms with Crippen molar-refractivity contribution in [3.63, 3.8) is 0 Å². The number of nitrogens with zero attached hydrogens (tertiary/aromatic N) is 2. The molecule has 2 aliphatic heterocycles. The second kappa shape index (κ2) is 12.4. The van der Waals surface area contributed by atoms with Crippen LogP contribution in [-0.2, 0) is 19.0 Å². The number of aliphatic hydroxyl groups excluding tert-OH is 2. The molecule has 200 valence electrons. The number of ether oxygens (including phenoxy) is 3. The van der Waals surface area contributed by atoms with E-state index >= 15 is 0 Å². The number of hydrogen-bond donors (Lipinski definition) is 3. The van der Waals surface area contributed by atoms with Crippen LogP contribution >= 0.6 is 0 Å². The molecule has 0 aromatic carbocycles. The predicted molar refractivity (Wildman–Crippen MR) is 129 cm³/mol. The zero-order valence-corrected chi connectivity index (χ0v) is 22.3. The third kappa shape index (κ3) is 7.59. The predicted octanol–water partition coefficient (Wildman–Crippen LogP) is 1.58. The van der Waals surface area contributed by atoms with Gasteiger partial charge in [0.25, 0.3) is 0 Å². The van der Waals surface area contributed by atoms with Gasteiger partial charge in [-0.25, -0.2) is 0 Å². The third-order valence-corrected chi connectivity index (χ3v) is 7.74. The fourth-order valence-corrected chi connectivity index (χ4v) is 4.95. The van der Waals surface area contributed by atoms with Crippen molar-refractivity contribution in [3.05, 3.63) is 0 Å². The molecule has 9 nitrogen and oxygen atoms in total. The van der Waals surface area contributed by atoms with Gasteiger partial charge in [0.1, 0.15) is 12.3 Å². The Labute approximate surface area is 205 Å². The van der Waals surface area contributed by atoms with Gasteiger partial charge in [-0.05, 0) is 67.6 Å². The van der Waals surface area contributed by atoms with Crippen LogP contribution in [-0.4, -0.2) is 107 Å². The van der Waals surface area contributed by atoms with Crippen LogP contribution in [0.15, 0.2) is 0 Å². The maximum Gasteiger partial charge on any atom is 0.311 e. The van der Waals surface area contributed by atoms with Gasteiger partial charge >= 0.3 is 5.97 Å². The summed E-state index contributed by atoms with van der Waals surface area (Å²) in [5.41, 5.74) is -0.982. The molecule has 0 bridgehead atoms. The van der Waals surface area contributed by atoms with Gasteiger partial charge in [-0.3, -0.25) is 9.69 Å². The first-order valence-electron chi connectivity index (χ1n) is 12.7.